The number of carbonyl (C=O) groups is 2. The summed E-state index contributed by atoms with van der Waals surface area (Å²) >= 11 is 0. The third-order valence-electron chi connectivity index (χ3n) is 7.15. The molecule has 8 heteroatoms. The molecular weight excluding hydrogens is 508 g/mol. The Morgan fingerprint density at radius 1 is 0.900 bits per heavy atom. The summed E-state index contributed by atoms with van der Waals surface area (Å²) < 4.78 is 16.0. The number of ether oxygens (including phenoxy) is 3. The van der Waals surface area contributed by atoms with E-state index in [9.17, 15) is 9.59 Å². The average molecular weight is 563 g/mol. The van der Waals surface area contributed by atoms with Gasteiger partial charge in [0.1, 0.15) is 12.2 Å². The summed E-state index contributed by atoms with van der Waals surface area (Å²) in [6.45, 7) is 6.26. The number of hydrogen-bond acceptors (Lipinski definition) is 6. The fourth-order valence-corrected chi connectivity index (χ4v) is 5.19. The molecule has 2 aliphatic rings. The monoisotopic (exact) mass is 562 g/mol. The van der Waals surface area contributed by atoms with E-state index in [0.29, 0.717) is 19.6 Å². The molecule has 0 aromatic heterocycles. The lowest BCUT2D eigenvalue weighted by molar-refractivity contribution is -0.142. The van der Waals surface area contributed by atoms with E-state index in [0.717, 1.165) is 30.5 Å². The fraction of sp³-hybridized carbons (Fsp3) is 0.750. The molecule has 0 radical (unpaired) electrons. The van der Waals surface area contributed by atoms with E-state index in [1.807, 2.05) is 30.3 Å². The van der Waals surface area contributed by atoms with Gasteiger partial charge in [-0.05, 0) is 71.3 Å². The number of unbranched alkanes of at least 4 members (excludes halogenated alkanes) is 1. The molecule has 0 bridgehead atoms. The maximum Gasteiger partial charge on any atom is 0.407 e. The molecular formula is C32H54N2O6. The Balaban J connectivity index is 0.000000355. The highest BCUT2D eigenvalue weighted by Gasteiger charge is 2.20. The van der Waals surface area contributed by atoms with Crippen molar-refractivity contribution >= 4 is 12.1 Å². The van der Waals surface area contributed by atoms with E-state index in [1.165, 1.54) is 64.2 Å². The molecule has 40 heavy (non-hydrogen) atoms. The van der Waals surface area contributed by atoms with Crippen LogP contribution >= 0.6 is 0 Å². The van der Waals surface area contributed by atoms with Gasteiger partial charge in [0.05, 0.1) is 19.3 Å². The Morgan fingerprint density at radius 3 is 2.05 bits per heavy atom. The fourth-order valence-electron chi connectivity index (χ4n) is 5.19. The average Bonchev–Trinajstić information content (AvgIpc) is 2.91. The number of rotatable bonds is 14. The normalized spacial score (nSPS) is 17.4. The predicted molar refractivity (Wildman–Crippen MR) is 158 cm³/mol. The van der Waals surface area contributed by atoms with E-state index in [2.05, 4.69) is 10.6 Å². The Kier molecular flexibility index (Phi) is 16.9. The minimum absolute atomic E-state index is 0.121. The van der Waals surface area contributed by atoms with Gasteiger partial charge in [-0.25, -0.2) is 9.59 Å². The molecule has 2 fully saturated rings. The van der Waals surface area contributed by atoms with Gasteiger partial charge in [-0.1, -0.05) is 68.9 Å². The van der Waals surface area contributed by atoms with E-state index < -0.39 is 24.3 Å². The minimum atomic E-state index is -1.04. The van der Waals surface area contributed by atoms with Gasteiger partial charge in [0.2, 0.25) is 0 Å². The molecule has 3 rings (SSSR count). The van der Waals surface area contributed by atoms with Crippen LogP contribution < -0.4 is 10.6 Å². The lowest BCUT2D eigenvalue weighted by Crippen LogP contribution is -2.41. The van der Waals surface area contributed by atoms with Gasteiger partial charge in [-0.15, -0.1) is 0 Å². The number of nitrogens with one attached hydrogen (secondary N) is 2. The third kappa shape index (κ3) is 17.5. The highest BCUT2D eigenvalue weighted by Crippen LogP contribution is 2.22. The van der Waals surface area contributed by atoms with Gasteiger partial charge in [0, 0.05) is 18.7 Å². The number of hydrogen-bond donors (Lipinski definition) is 3. The van der Waals surface area contributed by atoms with E-state index >= 15 is 0 Å². The molecule has 1 aromatic carbocycles. The molecule has 8 nitrogen and oxygen atoms in total. The maximum absolute atomic E-state index is 11.9. The zero-order chi connectivity index (χ0) is 29.1. The molecule has 1 atom stereocenters. The van der Waals surface area contributed by atoms with Crippen LogP contribution in [0.5, 0.6) is 0 Å². The van der Waals surface area contributed by atoms with Crippen molar-refractivity contribution < 1.29 is 28.9 Å². The highest BCUT2D eigenvalue weighted by atomic mass is 16.6. The smallest absolute Gasteiger partial charge is 0.407 e. The quantitative estimate of drug-likeness (QED) is 0.219. The van der Waals surface area contributed by atoms with Crippen LogP contribution in [-0.4, -0.2) is 60.7 Å². The molecule has 3 N–H and O–H groups in total. The molecule has 228 valence electrons. The van der Waals surface area contributed by atoms with Gasteiger partial charge in [0.15, 0.2) is 0 Å². The summed E-state index contributed by atoms with van der Waals surface area (Å²) in [4.78, 5) is 22.5. The summed E-state index contributed by atoms with van der Waals surface area (Å²) in [5.74, 6) is -1.04. The van der Waals surface area contributed by atoms with Crippen LogP contribution in [0.3, 0.4) is 0 Å². The van der Waals surface area contributed by atoms with Gasteiger partial charge >= 0.3 is 12.1 Å². The second-order valence-corrected chi connectivity index (χ2v) is 12.1. The first-order valence-electron chi connectivity index (χ1n) is 15.4. The van der Waals surface area contributed by atoms with Gasteiger partial charge in [-0.2, -0.15) is 0 Å². The summed E-state index contributed by atoms with van der Waals surface area (Å²) in [5, 5.41) is 15.3. The van der Waals surface area contributed by atoms with Crippen molar-refractivity contribution in [2.24, 2.45) is 0 Å². The lowest BCUT2D eigenvalue weighted by atomic mass is 9.91. The van der Waals surface area contributed by atoms with E-state index in [-0.39, 0.29) is 12.6 Å². The van der Waals surface area contributed by atoms with Crippen molar-refractivity contribution in [3.05, 3.63) is 35.9 Å². The zero-order valence-corrected chi connectivity index (χ0v) is 25.1. The number of carboxylic acid groups (broad SMARTS) is 1. The molecule has 0 saturated heterocycles. The van der Waals surface area contributed by atoms with Gasteiger partial charge in [-0.3, -0.25) is 0 Å². The molecule has 0 heterocycles. The Bertz CT molecular complexity index is 785. The van der Waals surface area contributed by atoms with Crippen LogP contribution in [0.4, 0.5) is 4.79 Å². The summed E-state index contributed by atoms with van der Waals surface area (Å²) in [6, 6.07) is 11.4. The Labute approximate surface area is 241 Å². The van der Waals surface area contributed by atoms with Crippen molar-refractivity contribution in [2.75, 3.05) is 19.8 Å². The highest BCUT2D eigenvalue weighted by molar-refractivity contribution is 5.68. The Hall–Kier alpha value is -2.16. The van der Waals surface area contributed by atoms with Crippen LogP contribution in [0.25, 0.3) is 0 Å². The number of alkyl carbamates (subject to hydrolysis) is 1. The molecule has 1 aromatic rings. The topological polar surface area (TPSA) is 106 Å². The number of carbonyl (C=O) groups excluding carboxylic acids is 1. The summed E-state index contributed by atoms with van der Waals surface area (Å²) in [6.07, 6.45) is 16.3. The minimum Gasteiger partial charge on any atom is -0.480 e. The van der Waals surface area contributed by atoms with Crippen LogP contribution in [-0.2, 0) is 25.6 Å². The number of carboxylic acids is 1. The number of amides is 1. The van der Waals surface area contributed by atoms with Crippen molar-refractivity contribution in [3.63, 3.8) is 0 Å². The van der Waals surface area contributed by atoms with E-state index in [1.54, 1.807) is 20.8 Å². The molecule has 2 saturated carbocycles. The van der Waals surface area contributed by atoms with Crippen LogP contribution in [0.15, 0.2) is 30.3 Å². The molecule has 2 aliphatic carbocycles. The predicted octanol–water partition coefficient (Wildman–Crippen LogP) is 6.61. The first-order valence-corrected chi connectivity index (χ1v) is 15.4. The maximum atomic E-state index is 11.9. The van der Waals surface area contributed by atoms with Gasteiger partial charge in [0.25, 0.3) is 0 Å². The van der Waals surface area contributed by atoms with Gasteiger partial charge < -0.3 is 30.0 Å². The van der Waals surface area contributed by atoms with Crippen molar-refractivity contribution in [1.82, 2.24) is 10.6 Å². The zero-order valence-electron chi connectivity index (χ0n) is 25.1. The SMILES string of the molecule is C1CCC(NC2CCCCC2)CC1.CC(C)(C)OC(=O)N[C@@H](CCCCOCc1ccccc1)COCC(=O)O. The third-order valence-corrected chi connectivity index (χ3v) is 7.15. The summed E-state index contributed by atoms with van der Waals surface area (Å²) in [5.41, 5.74) is 0.533. The second-order valence-electron chi connectivity index (χ2n) is 12.1. The van der Waals surface area contributed by atoms with Crippen LogP contribution in [0, 0.1) is 0 Å². The standard InChI is InChI=1S/C20H31NO6.C12H23N/c1-20(2,3)27-19(24)21-17(14-26-15-18(22)23)11-7-8-12-25-13-16-9-5-4-6-10-16;1-3-7-11(8-4-1)13-12-9-5-2-6-10-12/h4-6,9-10,17H,7-8,11-15H2,1-3H3,(H,21,24)(H,22,23);11-13H,1-10H2/t17-;/m0./s1. The second kappa shape index (κ2) is 19.8. The Morgan fingerprint density at radius 2 is 1.50 bits per heavy atom. The first-order chi connectivity index (χ1) is 19.2. The molecule has 0 spiro atoms. The van der Waals surface area contributed by atoms with Crippen LogP contribution in [0.2, 0.25) is 0 Å². The van der Waals surface area contributed by atoms with E-state index in [4.69, 9.17) is 19.3 Å². The lowest BCUT2D eigenvalue weighted by Gasteiger charge is -2.30. The number of aliphatic carboxylic acids is 1. The molecule has 0 unspecified atom stereocenters. The largest absolute Gasteiger partial charge is 0.480 e. The van der Waals surface area contributed by atoms with Crippen LogP contribution in [0.1, 0.15) is 110 Å². The van der Waals surface area contributed by atoms with Crippen molar-refractivity contribution in [1.29, 1.82) is 0 Å². The molecule has 1 amide bonds. The molecule has 0 aliphatic heterocycles. The van der Waals surface area contributed by atoms with Crippen molar-refractivity contribution in [2.45, 2.75) is 135 Å². The number of benzene rings is 1. The van der Waals surface area contributed by atoms with Crippen molar-refractivity contribution in [3.8, 4) is 0 Å². The summed E-state index contributed by atoms with van der Waals surface area (Å²) in [7, 11) is 0. The first kappa shape index (κ1) is 34.0.